The van der Waals surface area contributed by atoms with Crippen molar-refractivity contribution in [2.75, 3.05) is 13.7 Å². The molecule has 0 bridgehead atoms. The van der Waals surface area contributed by atoms with Gasteiger partial charge in [0.15, 0.2) is 0 Å². The molecule has 0 heterocycles. The minimum atomic E-state index is -2.68. The first-order chi connectivity index (χ1) is 5.38. The molecular formula is C8H17F2NO. The number of hydrogen-bond donors (Lipinski definition) is 1. The number of rotatable bonds is 4. The molecule has 0 fully saturated rings. The minimum absolute atomic E-state index is 0.0394. The van der Waals surface area contributed by atoms with E-state index in [9.17, 15) is 8.78 Å². The molecule has 0 aliphatic heterocycles. The Morgan fingerprint density at radius 1 is 1.33 bits per heavy atom. The number of nitrogens with one attached hydrogen (secondary N) is 1. The number of halogens is 2. The standard InChI is InChI=1S/C8H17F2NO/c1-8(2,3)6(11-4)5-12-7(9)10/h6-7,11H,5H2,1-4H3. The summed E-state index contributed by atoms with van der Waals surface area (Å²) in [5.74, 6) is 0. The van der Waals surface area contributed by atoms with Crippen molar-refractivity contribution in [3.8, 4) is 0 Å². The van der Waals surface area contributed by atoms with E-state index in [2.05, 4.69) is 10.1 Å². The van der Waals surface area contributed by atoms with Crippen molar-refractivity contribution in [2.45, 2.75) is 33.4 Å². The summed E-state index contributed by atoms with van der Waals surface area (Å²) in [5, 5.41) is 2.94. The molecule has 0 amide bonds. The predicted octanol–water partition coefficient (Wildman–Crippen LogP) is 1.86. The summed E-state index contributed by atoms with van der Waals surface area (Å²) in [6.45, 7) is 3.29. The average molecular weight is 181 g/mol. The fourth-order valence-corrected chi connectivity index (χ4v) is 0.935. The third-order valence-corrected chi connectivity index (χ3v) is 1.78. The molecule has 0 aromatic heterocycles. The van der Waals surface area contributed by atoms with Gasteiger partial charge in [-0.3, -0.25) is 0 Å². The second-order valence-corrected chi connectivity index (χ2v) is 3.80. The first-order valence-electron chi connectivity index (χ1n) is 3.95. The SMILES string of the molecule is CNC(COC(F)F)C(C)(C)C. The molecule has 1 atom stereocenters. The van der Waals surface area contributed by atoms with Crippen molar-refractivity contribution < 1.29 is 13.5 Å². The molecule has 0 aromatic carbocycles. The first kappa shape index (κ1) is 11.8. The van der Waals surface area contributed by atoms with Crippen molar-refractivity contribution in [1.82, 2.24) is 5.32 Å². The van der Waals surface area contributed by atoms with Crippen LogP contribution >= 0.6 is 0 Å². The highest BCUT2D eigenvalue weighted by atomic mass is 19.3. The second kappa shape index (κ2) is 4.72. The Hall–Kier alpha value is -0.220. The maximum Gasteiger partial charge on any atom is 0.345 e. The maximum atomic E-state index is 11.7. The van der Waals surface area contributed by atoms with Crippen LogP contribution in [-0.4, -0.2) is 26.3 Å². The molecule has 0 saturated heterocycles. The van der Waals surface area contributed by atoms with Crippen molar-refractivity contribution in [3.63, 3.8) is 0 Å². The van der Waals surface area contributed by atoms with Crippen LogP contribution in [0.4, 0.5) is 8.78 Å². The van der Waals surface area contributed by atoms with E-state index in [1.165, 1.54) is 0 Å². The van der Waals surface area contributed by atoms with Gasteiger partial charge in [-0.05, 0) is 12.5 Å². The van der Waals surface area contributed by atoms with Crippen molar-refractivity contribution >= 4 is 0 Å². The van der Waals surface area contributed by atoms with E-state index in [0.29, 0.717) is 0 Å². The zero-order valence-corrected chi connectivity index (χ0v) is 8.03. The summed E-state index contributed by atoms with van der Waals surface area (Å²) < 4.78 is 27.6. The van der Waals surface area contributed by atoms with Gasteiger partial charge < -0.3 is 10.1 Å². The fourth-order valence-electron chi connectivity index (χ4n) is 0.935. The third kappa shape index (κ3) is 4.62. The van der Waals surface area contributed by atoms with Crippen LogP contribution in [0.1, 0.15) is 20.8 Å². The number of ether oxygens (including phenoxy) is 1. The van der Waals surface area contributed by atoms with Crippen LogP contribution in [0.15, 0.2) is 0 Å². The first-order valence-corrected chi connectivity index (χ1v) is 3.95. The topological polar surface area (TPSA) is 21.3 Å². The van der Waals surface area contributed by atoms with Gasteiger partial charge in [-0.1, -0.05) is 20.8 Å². The fraction of sp³-hybridized carbons (Fsp3) is 1.00. The van der Waals surface area contributed by atoms with E-state index in [1.807, 2.05) is 20.8 Å². The minimum Gasteiger partial charge on any atom is -0.321 e. The Labute approximate surface area is 72.3 Å². The van der Waals surface area contributed by atoms with Gasteiger partial charge in [0.25, 0.3) is 0 Å². The summed E-state index contributed by atoms with van der Waals surface area (Å²) in [6, 6.07) is -0.0495. The summed E-state index contributed by atoms with van der Waals surface area (Å²) in [4.78, 5) is 0. The van der Waals surface area contributed by atoms with Gasteiger partial charge in [0.2, 0.25) is 0 Å². The highest BCUT2D eigenvalue weighted by Crippen LogP contribution is 2.19. The van der Waals surface area contributed by atoms with Crippen molar-refractivity contribution in [2.24, 2.45) is 5.41 Å². The lowest BCUT2D eigenvalue weighted by atomic mass is 9.87. The Bertz CT molecular complexity index is 123. The molecule has 0 rings (SSSR count). The second-order valence-electron chi connectivity index (χ2n) is 3.80. The summed E-state index contributed by atoms with van der Waals surface area (Å²) in [5.41, 5.74) is -0.0658. The number of likely N-dealkylation sites (N-methyl/N-ethyl adjacent to an activating group) is 1. The van der Waals surface area contributed by atoms with E-state index in [1.54, 1.807) is 7.05 Å². The van der Waals surface area contributed by atoms with Crippen molar-refractivity contribution in [3.05, 3.63) is 0 Å². The van der Waals surface area contributed by atoms with Gasteiger partial charge >= 0.3 is 6.61 Å². The van der Waals surface area contributed by atoms with Crippen LogP contribution in [0.25, 0.3) is 0 Å². The summed E-state index contributed by atoms with van der Waals surface area (Å²) >= 11 is 0. The molecule has 1 N–H and O–H groups in total. The molecule has 0 radical (unpaired) electrons. The van der Waals surface area contributed by atoms with E-state index < -0.39 is 6.61 Å². The lowest BCUT2D eigenvalue weighted by Gasteiger charge is -2.29. The number of alkyl halides is 2. The Morgan fingerprint density at radius 3 is 2.08 bits per heavy atom. The van der Waals surface area contributed by atoms with Crippen LogP contribution in [0.2, 0.25) is 0 Å². The molecule has 2 nitrogen and oxygen atoms in total. The molecule has 0 aliphatic carbocycles. The lowest BCUT2D eigenvalue weighted by molar-refractivity contribution is -0.138. The molecule has 1 unspecified atom stereocenters. The maximum absolute atomic E-state index is 11.7. The number of hydrogen-bond acceptors (Lipinski definition) is 2. The van der Waals surface area contributed by atoms with Gasteiger partial charge in [0.05, 0.1) is 6.61 Å². The molecule has 4 heteroatoms. The van der Waals surface area contributed by atoms with Crippen LogP contribution in [0.3, 0.4) is 0 Å². The van der Waals surface area contributed by atoms with Gasteiger partial charge in [0.1, 0.15) is 0 Å². The highest BCUT2D eigenvalue weighted by molar-refractivity contribution is 4.78. The predicted molar refractivity (Wildman–Crippen MR) is 44.3 cm³/mol. The van der Waals surface area contributed by atoms with Gasteiger partial charge in [-0.2, -0.15) is 8.78 Å². The molecule has 0 saturated carbocycles. The van der Waals surface area contributed by atoms with E-state index in [4.69, 9.17) is 0 Å². The smallest absolute Gasteiger partial charge is 0.321 e. The molecule has 12 heavy (non-hydrogen) atoms. The van der Waals surface area contributed by atoms with E-state index >= 15 is 0 Å². The van der Waals surface area contributed by atoms with Crippen LogP contribution in [0.5, 0.6) is 0 Å². The van der Waals surface area contributed by atoms with Crippen LogP contribution in [0, 0.1) is 5.41 Å². The van der Waals surface area contributed by atoms with Gasteiger partial charge in [-0.25, -0.2) is 0 Å². The van der Waals surface area contributed by atoms with Crippen LogP contribution < -0.4 is 5.32 Å². The van der Waals surface area contributed by atoms with Crippen LogP contribution in [-0.2, 0) is 4.74 Å². The lowest BCUT2D eigenvalue weighted by Crippen LogP contribution is -2.42. The zero-order chi connectivity index (χ0) is 9.78. The third-order valence-electron chi connectivity index (χ3n) is 1.78. The van der Waals surface area contributed by atoms with Gasteiger partial charge in [0, 0.05) is 6.04 Å². The Balaban J connectivity index is 3.84. The van der Waals surface area contributed by atoms with Crippen molar-refractivity contribution in [1.29, 1.82) is 0 Å². The zero-order valence-electron chi connectivity index (χ0n) is 8.03. The largest absolute Gasteiger partial charge is 0.345 e. The average Bonchev–Trinajstić information content (AvgIpc) is 1.85. The molecular weight excluding hydrogens is 164 g/mol. The molecule has 0 aromatic rings. The summed E-state index contributed by atoms with van der Waals surface area (Å²) in [7, 11) is 1.74. The molecule has 74 valence electrons. The Kier molecular flexibility index (Phi) is 4.63. The molecule has 0 aliphatic rings. The summed E-state index contributed by atoms with van der Waals surface area (Å²) in [6.07, 6.45) is 0. The normalized spacial score (nSPS) is 15.2. The monoisotopic (exact) mass is 181 g/mol. The van der Waals surface area contributed by atoms with E-state index in [-0.39, 0.29) is 18.1 Å². The van der Waals surface area contributed by atoms with E-state index in [0.717, 1.165) is 0 Å². The van der Waals surface area contributed by atoms with Gasteiger partial charge in [-0.15, -0.1) is 0 Å². The molecule has 0 spiro atoms. The Morgan fingerprint density at radius 2 is 1.83 bits per heavy atom. The quantitative estimate of drug-likeness (QED) is 0.714. The highest BCUT2D eigenvalue weighted by Gasteiger charge is 2.23.